The minimum atomic E-state index is -0.513. The number of amides is 1. The highest BCUT2D eigenvalue weighted by molar-refractivity contribution is 6.06. The Bertz CT molecular complexity index is 494. The van der Waals surface area contributed by atoms with Crippen molar-refractivity contribution < 1.29 is 14.3 Å². The average molecular weight is 304 g/mol. The Balaban J connectivity index is 1.87. The highest BCUT2D eigenvalue weighted by Crippen LogP contribution is 2.10. The van der Waals surface area contributed by atoms with Crippen LogP contribution in [0.4, 0.5) is 4.79 Å². The van der Waals surface area contributed by atoms with Crippen LogP contribution in [0.1, 0.15) is 19.4 Å². The lowest BCUT2D eigenvalue weighted by atomic mass is 10.0. The molecule has 0 saturated carbocycles. The summed E-state index contributed by atoms with van der Waals surface area (Å²) >= 11 is 0. The quantitative estimate of drug-likeness (QED) is 0.785. The van der Waals surface area contributed by atoms with Crippen LogP contribution in [-0.4, -0.2) is 56.2 Å². The molecule has 2 rings (SSSR count). The van der Waals surface area contributed by atoms with Crippen LogP contribution in [0.25, 0.3) is 0 Å². The summed E-state index contributed by atoms with van der Waals surface area (Å²) in [4.78, 5) is 18.3. The normalized spacial score (nSPS) is 16.8. The molecule has 0 N–H and O–H groups in total. The monoisotopic (exact) mass is 304 g/mol. The fraction of sp³-hybridized carbons (Fsp3) is 0.529. The predicted octanol–water partition coefficient (Wildman–Crippen LogP) is 2.60. The van der Waals surface area contributed by atoms with Crippen molar-refractivity contribution in [3.05, 3.63) is 35.9 Å². The Morgan fingerprint density at radius 1 is 1.27 bits per heavy atom. The molecule has 0 bridgehead atoms. The minimum Gasteiger partial charge on any atom is -0.447 e. The zero-order valence-corrected chi connectivity index (χ0v) is 13.3. The largest absolute Gasteiger partial charge is 0.447 e. The van der Waals surface area contributed by atoms with Crippen molar-refractivity contribution in [2.24, 2.45) is 10.9 Å². The van der Waals surface area contributed by atoms with E-state index in [1.54, 1.807) is 0 Å². The third kappa shape index (κ3) is 5.24. The van der Waals surface area contributed by atoms with E-state index < -0.39 is 6.09 Å². The van der Waals surface area contributed by atoms with Gasteiger partial charge >= 0.3 is 6.09 Å². The van der Waals surface area contributed by atoms with E-state index in [0.717, 1.165) is 44.1 Å². The topological polar surface area (TPSA) is 51.1 Å². The van der Waals surface area contributed by atoms with Gasteiger partial charge in [0.25, 0.3) is 0 Å². The van der Waals surface area contributed by atoms with Crippen molar-refractivity contribution in [3.8, 4) is 0 Å². The smallest absolute Gasteiger partial charge is 0.433 e. The number of aliphatic imine (C=N–C) groups is 1. The third-order valence-corrected chi connectivity index (χ3v) is 3.56. The van der Waals surface area contributed by atoms with Gasteiger partial charge in [0.15, 0.2) is 0 Å². The highest BCUT2D eigenvalue weighted by Gasteiger charge is 2.13. The molecule has 1 saturated heterocycles. The summed E-state index contributed by atoms with van der Waals surface area (Å²) < 4.78 is 10.5. The zero-order chi connectivity index (χ0) is 15.8. The Morgan fingerprint density at radius 3 is 2.59 bits per heavy atom. The van der Waals surface area contributed by atoms with Crippen molar-refractivity contribution in [2.45, 2.75) is 13.8 Å². The maximum absolute atomic E-state index is 11.9. The van der Waals surface area contributed by atoms with Crippen molar-refractivity contribution in [1.82, 2.24) is 4.90 Å². The lowest BCUT2D eigenvalue weighted by Gasteiger charge is -2.25. The number of benzene rings is 1. The van der Waals surface area contributed by atoms with Gasteiger partial charge in [-0.1, -0.05) is 44.2 Å². The second-order valence-corrected chi connectivity index (χ2v) is 5.59. The first-order valence-corrected chi connectivity index (χ1v) is 7.77. The van der Waals surface area contributed by atoms with Crippen molar-refractivity contribution in [1.29, 1.82) is 0 Å². The van der Waals surface area contributed by atoms with Crippen LogP contribution in [-0.2, 0) is 9.47 Å². The summed E-state index contributed by atoms with van der Waals surface area (Å²) in [5.41, 5.74) is 1.72. The molecule has 5 heteroatoms. The number of carbonyl (C=O) groups excluding carboxylic acids is 1. The van der Waals surface area contributed by atoms with Crippen LogP contribution in [0.2, 0.25) is 0 Å². The molecule has 1 aromatic carbocycles. The summed E-state index contributed by atoms with van der Waals surface area (Å²) in [6.07, 6.45) is -0.513. The second-order valence-electron chi connectivity index (χ2n) is 5.59. The van der Waals surface area contributed by atoms with E-state index in [0.29, 0.717) is 6.61 Å². The molecule has 0 radical (unpaired) electrons. The minimum absolute atomic E-state index is 0.161. The molecule has 1 aliphatic heterocycles. The Morgan fingerprint density at radius 2 is 1.95 bits per heavy atom. The average Bonchev–Trinajstić information content (AvgIpc) is 2.54. The van der Waals surface area contributed by atoms with Crippen LogP contribution >= 0.6 is 0 Å². The Kier molecular flexibility index (Phi) is 6.55. The number of ether oxygens (including phenoxy) is 2. The molecule has 1 aromatic rings. The summed E-state index contributed by atoms with van der Waals surface area (Å²) in [5.74, 6) is 0.161. The van der Waals surface area contributed by atoms with E-state index in [2.05, 4.69) is 9.89 Å². The van der Waals surface area contributed by atoms with Crippen LogP contribution in [0, 0.1) is 5.92 Å². The predicted molar refractivity (Wildman–Crippen MR) is 86.4 cm³/mol. The number of morpholine rings is 1. The standard InChI is InChI=1S/C17H24N2O3/c1-14(2)16(15-6-4-3-5-7-15)18-17(20)22-13-10-19-8-11-21-12-9-19/h3-7,14H,8-13H2,1-2H3. The molecule has 120 valence electrons. The molecule has 1 aliphatic rings. The Hall–Kier alpha value is -1.72. The van der Waals surface area contributed by atoms with E-state index in [1.807, 2.05) is 44.2 Å². The molecule has 1 amide bonds. The van der Waals surface area contributed by atoms with E-state index in [-0.39, 0.29) is 5.92 Å². The van der Waals surface area contributed by atoms with Crippen molar-refractivity contribution in [2.75, 3.05) is 39.5 Å². The molecule has 0 aromatic heterocycles. The zero-order valence-electron chi connectivity index (χ0n) is 13.3. The first kappa shape index (κ1) is 16.6. The molecular weight excluding hydrogens is 280 g/mol. The van der Waals surface area contributed by atoms with E-state index >= 15 is 0 Å². The van der Waals surface area contributed by atoms with Crippen LogP contribution in [0.15, 0.2) is 35.3 Å². The number of rotatable bonds is 5. The Labute approximate surface area is 131 Å². The number of carbonyl (C=O) groups is 1. The maximum Gasteiger partial charge on any atom is 0.433 e. The molecule has 0 aliphatic carbocycles. The van der Waals surface area contributed by atoms with Crippen molar-refractivity contribution >= 4 is 11.8 Å². The van der Waals surface area contributed by atoms with Gasteiger partial charge in [0.05, 0.1) is 18.9 Å². The lowest BCUT2D eigenvalue weighted by Crippen LogP contribution is -2.38. The van der Waals surface area contributed by atoms with Gasteiger partial charge in [0.2, 0.25) is 0 Å². The highest BCUT2D eigenvalue weighted by atomic mass is 16.5. The molecule has 1 fully saturated rings. The van der Waals surface area contributed by atoms with Gasteiger partial charge in [0.1, 0.15) is 6.61 Å². The van der Waals surface area contributed by atoms with Gasteiger partial charge < -0.3 is 9.47 Å². The van der Waals surface area contributed by atoms with E-state index in [9.17, 15) is 4.79 Å². The van der Waals surface area contributed by atoms with Crippen molar-refractivity contribution in [3.63, 3.8) is 0 Å². The van der Waals surface area contributed by atoms with Crippen LogP contribution < -0.4 is 0 Å². The fourth-order valence-electron chi connectivity index (χ4n) is 2.35. The molecule has 22 heavy (non-hydrogen) atoms. The first-order valence-electron chi connectivity index (χ1n) is 7.77. The molecule has 5 nitrogen and oxygen atoms in total. The SMILES string of the molecule is CC(C)C(=NC(=O)OCCN1CCOCC1)c1ccccc1. The van der Waals surface area contributed by atoms with Gasteiger partial charge in [0, 0.05) is 19.6 Å². The van der Waals surface area contributed by atoms with Gasteiger partial charge in [-0.2, -0.15) is 4.99 Å². The van der Waals surface area contributed by atoms with Gasteiger partial charge in [-0.05, 0) is 11.5 Å². The van der Waals surface area contributed by atoms with Crippen LogP contribution in [0.5, 0.6) is 0 Å². The summed E-state index contributed by atoms with van der Waals surface area (Å²) in [6, 6.07) is 9.75. The summed E-state index contributed by atoms with van der Waals surface area (Å²) in [5, 5.41) is 0. The van der Waals surface area contributed by atoms with Gasteiger partial charge in [-0.25, -0.2) is 4.79 Å². The lowest BCUT2D eigenvalue weighted by molar-refractivity contribution is 0.0288. The number of hydrogen-bond donors (Lipinski definition) is 0. The summed E-state index contributed by atoms with van der Waals surface area (Å²) in [6.45, 7) is 8.41. The number of hydrogen-bond acceptors (Lipinski definition) is 4. The van der Waals surface area contributed by atoms with Crippen LogP contribution in [0.3, 0.4) is 0 Å². The maximum atomic E-state index is 11.9. The molecule has 1 heterocycles. The molecule has 0 spiro atoms. The first-order chi connectivity index (χ1) is 10.7. The van der Waals surface area contributed by atoms with E-state index in [4.69, 9.17) is 9.47 Å². The molecule has 0 unspecified atom stereocenters. The molecular formula is C17H24N2O3. The third-order valence-electron chi connectivity index (χ3n) is 3.56. The van der Waals surface area contributed by atoms with Gasteiger partial charge in [-0.15, -0.1) is 0 Å². The number of nitrogens with zero attached hydrogens (tertiary/aromatic N) is 2. The second kappa shape index (κ2) is 8.66. The van der Waals surface area contributed by atoms with E-state index in [1.165, 1.54) is 0 Å². The fourth-order valence-corrected chi connectivity index (χ4v) is 2.35. The molecule has 0 atom stereocenters. The van der Waals surface area contributed by atoms with Gasteiger partial charge in [-0.3, -0.25) is 4.90 Å². The summed E-state index contributed by atoms with van der Waals surface area (Å²) in [7, 11) is 0.